The van der Waals surface area contributed by atoms with Crippen molar-refractivity contribution in [2.45, 2.75) is 37.8 Å². The van der Waals surface area contributed by atoms with Crippen LogP contribution < -0.4 is 10.6 Å². The fourth-order valence-electron chi connectivity index (χ4n) is 2.35. The van der Waals surface area contributed by atoms with Crippen LogP contribution in [0.4, 0.5) is 0 Å². The lowest BCUT2D eigenvalue weighted by molar-refractivity contribution is -0.123. The first-order valence-corrected chi connectivity index (χ1v) is 7.21. The molecule has 1 aromatic carbocycles. The minimum atomic E-state index is -0.421. The predicted octanol–water partition coefficient (Wildman–Crippen LogP) is 1.46. The largest absolute Gasteiger partial charge is 0.392 e. The lowest BCUT2D eigenvalue weighted by Crippen LogP contribution is -2.45. The van der Waals surface area contributed by atoms with E-state index in [-0.39, 0.29) is 17.4 Å². The van der Waals surface area contributed by atoms with E-state index in [1.165, 1.54) is 0 Å². The molecule has 1 aliphatic rings. The Hall–Kier alpha value is -1.10. The predicted molar refractivity (Wildman–Crippen MR) is 79.9 cm³/mol. The van der Waals surface area contributed by atoms with Crippen molar-refractivity contribution in [1.82, 2.24) is 10.6 Å². The maximum Gasteiger partial charge on any atom is 0.237 e. The number of halogens is 1. The van der Waals surface area contributed by atoms with Crippen molar-refractivity contribution in [3.63, 3.8) is 0 Å². The third-order valence-electron chi connectivity index (χ3n) is 3.75. The van der Waals surface area contributed by atoms with Crippen molar-refractivity contribution in [3.05, 3.63) is 34.9 Å². The van der Waals surface area contributed by atoms with Crippen LogP contribution in [-0.2, 0) is 10.2 Å². The molecule has 0 radical (unpaired) electrons. The first-order chi connectivity index (χ1) is 9.38. The number of aliphatic hydroxyl groups excluding tert-OH is 1. The second-order valence-corrected chi connectivity index (χ2v) is 6.40. The Morgan fingerprint density at radius 1 is 1.45 bits per heavy atom. The second kappa shape index (κ2) is 6.12. The van der Waals surface area contributed by atoms with Crippen molar-refractivity contribution in [2.24, 2.45) is 0 Å². The standard InChI is InChI=1S/C15H21ClN2O2/c1-15(2,10-3-5-11(16)6-4-10)9-18-14(20)13-7-12(19)8-17-13/h3-6,12-13,17,19H,7-9H2,1-2H3,(H,18,20)/t12-,13+/m0/s1. The molecule has 1 aliphatic heterocycles. The highest BCUT2D eigenvalue weighted by Gasteiger charge is 2.29. The summed E-state index contributed by atoms with van der Waals surface area (Å²) >= 11 is 5.89. The number of carbonyl (C=O) groups excluding carboxylic acids is 1. The summed E-state index contributed by atoms with van der Waals surface area (Å²) in [6.45, 7) is 5.18. The quantitative estimate of drug-likeness (QED) is 0.788. The number of β-amino-alcohol motifs (C(OH)–C–C–N with tert-alkyl or cyclic N) is 1. The monoisotopic (exact) mass is 296 g/mol. The Balaban J connectivity index is 1.91. The molecule has 0 unspecified atom stereocenters. The van der Waals surface area contributed by atoms with Gasteiger partial charge in [0.2, 0.25) is 5.91 Å². The number of nitrogens with one attached hydrogen (secondary N) is 2. The lowest BCUT2D eigenvalue weighted by atomic mass is 9.84. The lowest BCUT2D eigenvalue weighted by Gasteiger charge is -2.26. The molecule has 1 saturated heterocycles. The van der Waals surface area contributed by atoms with E-state index in [0.29, 0.717) is 24.5 Å². The molecule has 0 spiro atoms. The third kappa shape index (κ3) is 3.72. The van der Waals surface area contributed by atoms with Crippen molar-refractivity contribution in [1.29, 1.82) is 0 Å². The van der Waals surface area contributed by atoms with Crippen molar-refractivity contribution in [3.8, 4) is 0 Å². The van der Waals surface area contributed by atoms with E-state index in [1.807, 2.05) is 24.3 Å². The normalized spacial score (nSPS) is 22.8. The average molecular weight is 297 g/mol. The van der Waals surface area contributed by atoms with Crippen LogP contribution >= 0.6 is 11.6 Å². The topological polar surface area (TPSA) is 61.4 Å². The highest BCUT2D eigenvalue weighted by atomic mass is 35.5. The van der Waals surface area contributed by atoms with Gasteiger partial charge in [-0.1, -0.05) is 37.6 Å². The summed E-state index contributed by atoms with van der Waals surface area (Å²) in [6, 6.07) is 7.38. The molecule has 4 nitrogen and oxygen atoms in total. The summed E-state index contributed by atoms with van der Waals surface area (Å²) in [6.07, 6.45) is 0.0581. The molecule has 20 heavy (non-hydrogen) atoms. The summed E-state index contributed by atoms with van der Waals surface area (Å²) in [5.74, 6) is -0.0522. The molecular formula is C15H21ClN2O2. The Bertz CT molecular complexity index is 473. The van der Waals surface area contributed by atoms with Crippen LogP contribution in [0.3, 0.4) is 0 Å². The Kier molecular flexibility index (Phi) is 4.68. The van der Waals surface area contributed by atoms with Gasteiger partial charge in [-0.3, -0.25) is 4.79 Å². The minimum Gasteiger partial charge on any atom is -0.392 e. The summed E-state index contributed by atoms with van der Waals surface area (Å²) in [7, 11) is 0. The third-order valence-corrected chi connectivity index (χ3v) is 4.01. The van der Waals surface area contributed by atoms with Crippen LogP contribution in [0, 0.1) is 0 Å². The Morgan fingerprint density at radius 3 is 2.65 bits per heavy atom. The number of hydrogen-bond donors (Lipinski definition) is 3. The maximum atomic E-state index is 12.0. The molecule has 5 heteroatoms. The van der Waals surface area contributed by atoms with Crippen LogP contribution in [0.2, 0.25) is 5.02 Å². The molecule has 1 aromatic rings. The van der Waals surface area contributed by atoms with Crippen LogP contribution in [0.15, 0.2) is 24.3 Å². The van der Waals surface area contributed by atoms with Crippen LogP contribution in [0.5, 0.6) is 0 Å². The van der Waals surface area contributed by atoms with Gasteiger partial charge in [-0.25, -0.2) is 0 Å². The molecule has 0 saturated carbocycles. The SMILES string of the molecule is CC(C)(CNC(=O)[C@H]1C[C@H](O)CN1)c1ccc(Cl)cc1. The molecule has 1 fully saturated rings. The van der Waals surface area contributed by atoms with Gasteiger partial charge in [0.15, 0.2) is 0 Å². The van der Waals surface area contributed by atoms with Gasteiger partial charge in [0, 0.05) is 23.5 Å². The van der Waals surface area contributed by atoms with Crippen molar-refractivity contribution >= 4 is 17.5 Å². The molecule has 2 atom stereocenters. The van der Waals surface area contributed by atoms with E-state index < -0.39 is 6.10 Å². The number of carbonyl (C=O) groups is 1. The first kappa shape index (κ1) is 15.3. The van der Waals surface area contributed by atoms with Crippen molar-refractivity contribution in [2.75, 3.05) is 13.1 Å². The van der Waals surface area contributed by atoms with E-state index in [2.05, 4.69) is 24.5 Å². The highest BCUT2D eigenvalue weighted by Crippen LogP contribution is 2.24. The van der Waals surface area contributed by atoms with Gasteiger partial charge in [-0.2, -0.15) is 0 Å². The molecule has 1 amide bonds. The summed E-state index contributed by atoms with van der Waals surface area (Å²) in [5, 5.41) is 16.1. The van der Waals surface area contributed by atoms with Gasteiger partial charge in [-0.15, -0.1) is 0 Å². The smallest absolute Gasteiger partial charge is 0.237 e. The van der Waals surface area contributed by atoms with E-state index >= 15 is 0 Å². The number of hydrogen-bond acceptors (Lipinski definition) is 3. The average Bonchev–Trinajstić information content (AvgIpc) is 2.83. The number of aliphatic hydroxyl groups is 1. The second-order valence-electron chi connectivity index (χ2n) is 5.96. The number of rotatable bonds is 4. The zero-order chi connectivity index (χ0) is 14.8. The van der Waals surface area contributed by atoms with Gasteiger partial charge < -0.3 is 15.7 Å². The molecular weight excluding hydrogens is 276 g/mol. The van der Waals surface area contributed by atoms with Gasteiger partial charge in [0.05, 0.1) is 12.1 Å². The Labute approximate surface area is 124 Å². The van der Waals surface area contributed by atoms with Crippen LogP contribution in [0.1, 0.15) is 25.8 Å². The molecule has 110 valence electrons. The number of benzene rings is 1. The molecule has 2 rings (SSSR count). The molecule has 3 N–H and O–H groups in total. The maximum absolute atomic E-state index is 12.0. The zero-order valence-corrected chi connectivity index (χ0v) is 12.6. The van der Waals surface area contributed by atoms with Gasteiger partial charge in [-0.05, 0) is 24.1 Å². The van der Waals surface area contributed by atoms with Crippen LogP contribution in [-0.4, -0.2) is 36.2 Å². The Morgan fingerprint density at radius 2 is 2.10 bits per heavy atom. The van der Waals surface area contributed by atoms with Gasteiger partial charge in [0.1, 0.15) is 0 Å². The van der Waals surface area contributed by atoms with E-state index in [1.54, 1.807) is 0 Å². The minimum absolute atomic E-state index is 0.0522. The van der Waals surface area contributed by atoms with E-state index in [4.69, 9.17) is 11.6 Å². The molecule has 0 aromatic heterocycles. The van der Waals surface area contributed by atoms with E-state index in [9.17, 15) is 9.90 Å². The molecule has 0 aliphatic carbocycles. The van der Waals surface area contributed by atoms with Crippen LogP contribution in [0.25, 0.3) is 0 Å². The van der Waals surface area contributed by atoms with Crippen molar-refractivity contribution < 1.29 is 9.90 Å². The first-order valence-electron chi connectivity index (χ1n) is 6.84. The fourth-order valence-corrected chi connectivity index (χ4v) is 2.48. The molecule has 1 heterocycles. The van der Waals surface area contributed by atoms with E-state index in [0.717, 1.165) is 5.56 Å². The summed E-state index contributed by atoms with van der Waals surface area (Å²) < 4.78 is 0. The van der Waals surface area contributed by atoms with Gasteiger partial charge >= 0.3 is 0 Å². The fraction of sp³-hybridized carbons (Fsp3) is 0.533. The summed E-state index contributed by atoms with van der Waals surface area (Å²) in [4.78, 5) is 12.0. The zero-order valence-electron chi connectivity index (χ0n) is 11.8. The van der Waals surface area contributed by atoms with Gasteiger partial charge in [0.25, 0.3) is 0 Å². The highest BCUT2D eigenvalue weighted by molar-refractivity contribution is 6.30. The molecule has 0 bridgehead atoms. The number of amides is 1. The summed E-state index contributed by atoms with van der Waals surface area (Å²) in [5.41, 5.74) is 0.957.